The minimum Gasteiger partial charge on any atom is -0.396 e. The van der Waals surface area contributed by atoms with E-state index in [0.717, 1.165) is 38.5 Å². The molecule has 3 heterocycles. The summed E-state index contributed by atoms with van der Waals surface area (Å²) in [5, 5.41) is 9.49. The summed E-state index contributed by atoms with van der Waals surface area (Å²) in [4.78, 5) is 48.6. The zero-order valence-electron chi connectivity index (χ0n) is 23.4. The van der Waals surface area contributed by atoms with Gasteiger partial charge in [0.15, 0.2) is 0 Å². The van der Waals surface area contributed by atoms with Gasteiger partial charge in [-0.1, -0.05) is 45.3 Å². The maximum atomic E-state index is 14.6. The number of aliphatic hydroxyl groups excluding tert-OH is 1. The molecule has 0 aromatic rings. The van der Waals surface area contributed by atoms with Crippen LogP contribution < -0.4 is 0 Å². The van der Waals surface area contributed by atoms with Crippen molar-refractivity contribution < 1.29 is 19.5 Å². The first kappa shape index (κ1) is 29.2. The first-order valence-corrected chi connectivity index (χ1v) is 15.6. The number of amides is 3. The third-order valence-corrected chi connectivity index (χ3v) is 11.4. The second-order valence-electron chi connectivity index (χ2n) is 11.7. The Bertz CT molecular complexity index is 906. The Labute approximate surface area is 233 Å². The lowest BCUT2D eigenvalue weighted by atomic mass is 9.65. The molecular weight excluding hydrogens is 498 g/mol. The fourth-order valence-electron chi connectivity index (χ4n) is 7.75. The highest BCUT2D eigenvalue weighted by atomic mass is 32.2. The number of nitrogens with zero attached hydrogens (tertiary/aromatic N) is 3. The molecule has 1 spiro atoms. The van der Waals surface area contributed by atoms with E-state index in [-0.39, 0.29) is 41.5 Å². The first-order valence-electron chi connectivity index (χ1n) is 14.8. The number of hydrogen-bond donors (Lipinski definition) is 1. The second kappa shape index (κ2) is 12.6. The predicted octanol–water partition coefficient (Wildman–Crippen LogP) is 3.87. The van der Waals surface area contributed by atoms with Gasteiger partial charge < -0.3 is 19.8 Å². The molecule has 4 aliphatic rings. The highest BCUT2D eigenvalue weighted by molar-refractivity contribution is 8.02. The van der Waals surface area contributed by atoms with Crippen molar-refractivity contribution in [1.29, 1.82) is 0 Å². The number of carbonyl (C=O) groups excluding carboxylic acids is 3. The summed E-state index contributed by atoms with van der Waals surface area (Å²) in [6.45, 7) is 14.1. The van der Waals surface area contributed by atoms with Gasteiger partial charge in [-0.25, -0.2) is 0 Å². The normalized spacial score (nSPS) is 32.3. The number of aliphatic hydroxyl groups is 1. The third-order valence-electron chi connectivity index (χ3n) is 9.35. The van der Waals surface area contributed by atoms with Gasteiger partial charge in [0.05, 0.1) is 16.6 Å². The Hall–Kier alpha value is -1.80. The lowest BCUT2D eigenvalue weighted by Crippen LogP contribution is -2.59. The molecule has 4 rings (SSSR count). The van der Waals surface area contributed by atoms with Gasteiger partial charge >= 0.3 is 0 Å². The largest absolute Gasteiger partial charge is 0.396 e. The topological polar surface area (TPSA) is 81.2 Å². The average Bonchev–Trinajstić information content (AvgIpc) is 3.51. The number of carbonyl (C=O) groups is 3. The van der Waals surface area contributed by atoms with Gasteiger partial charge in [-0.15, -0.1) is 24.9 Å². The molecule has 1 N–H and O–H groups in total. The van der Waals surface area contributed by atoms with Crippen LogP contribution >= 0.6 is 11.8 Å². The summed E-state index contributed by atoms with van der Waals surface area (Å²) >= 11 is 1.75. The van der Waals surface area contributed by atoms with Gasteiger partial charge in [0, 0.05) is 44.1 Å². The summed E-state index contributed by atoms with van der Waals surface area (Å²) in [7, 11) is 0. The maximum absolute atomic E-state index is 14.6. The molecule has 8 heteroatoms. The SMILES string of the molecule is C=CCN(CCC)C(=O)[C@@H]1[C@@H]2CC(C)C3(S2)C(C(=O)N(CC=C)C2CCCCC2)N(CCCCO)C(=O)[C@H]13. The van der Waals surface area contributed by atoms with E-state index in [1.165, 1.54) is 6.42 Å². The Balaban J connectivity index is 1.74. The molecule has 0 radical (unpaired) electrons. The molecule has 3 unspecified atom stereocenters. The summed E-state index contributed by atoms with van der Waals surface area (Å²) in [6.07, 6.45) is 11.9. The standard InChI is InChI=1S/C30H47N3O4S/c1-5-15-31(16-6-2)27(35)24-23-20-21(4)30(38-23)25(24)28(36)33(18-11-12-19-34)26(30)29(37)32(17-7-3)22-13-9-8-10-14-22/h5,7,21-26,34H,1,3,6,8-20H2,2,4H3/t21?,23-,24+,25-,26?,30?/m0/s1. The maximum Gasteiger partial charge on any atom is 0.247 e. The van der Waals surface area contributed by atoms with Crippen molar-refractivity contribution in [3.05, 3.63) is 25.3 Å². The number of likely N-dealkylation sites (tertiary alicyclic amines) is 1. The van der Waals surface area contributed by atoms with Crippen LogP contribution in [0, 0.1) is 17.8 Å². The van der Waals surface area contributed by atoms with Crippen LogP contribution in [0.4, 0.5) is 0 Å². The van der Waals surface area contributed by atoms with Crippen molar-refractivity contribution in [2.75, 3.05) is 32.8 Å². The molecule has 3 amide bonds. The van der Waals surface area contributed by atoms with Crippen LogP contribution in [0.25, 0.3) is 0 Å². The van der Waals surface area contributed by atoms with Gasteiger partial charge in [-0.2, -0.15) is 0 Å². The fraction of sp³-hybridized carbons (Fsp3) is 0.767. The van der Waals surface area contributed by atoms with Gasteiger partial charge in [0.1, 0.15) is 6.04 Å². The molecule has 6 atom stereocenters. The minimum absolute atomic E-state index is 0.0289. The number of thioether (sulfide) groups is 1. The molecule has 3 saturated heterocycles. The van der Waals surface area contributed by atoms with E-state index in [1.807, 2.05) is 14.7 Å². The van der Waals surface area contributed by atoms with Crippen LogP contribution in [0.15, 0.2) is 25.3 Å². The van der Waals surface area contributed by atoms with Crippen molar-refractivity contribution in [3.63, 3.8) is 0 Å². The average molecular weight is 546 g/mol. The molecule has 7 nitrogen and oxygen atoms in total. The van der Waals surface area contributed by atoms with E-state index in [2.05, 4.69) is 27.0 Å². The van der Waals surface area contributed by atoms with Gasteiger partial charge in [-0.3, -0.25) is 14.4 Å². The summed E-state index contributed by atoms with van der Waals surface area (Å²) in [5.41, 5.74) is 0. The van der Waals surface area contributed by atoms with E-state index in [0.29, 0.717) is 39.0 Å². The van der Waals surface area contributed by atoms with E-state index in [4.69, 9.17) is 0 Å². The highest BCUT2D eigenvalue weighted by Gasteiger charge is 2.76. The first-order chi connectivity index (χ1) is 18.4. The molecule has 1 saturated carbocycles. The minimum atomic E-state index is -0.599. The Morgan fingerprint density at radius 2 is 1.84 bits per heavy atom. The van der Waals surface area contributed by atoms with Crippen LogP contribution in [0.1, 0.15) is 71.6 Å². The van der Waals surface area contributed by atoms with Crippen LogP contribution in [0.3, 0.4) is 0 Å². The van der Waals surface area contributed by atoms with E-state index in [9.17, 15) is 19.5 Å². The predicted molar refractivity (Wildman–Crippen MR) is 153 cm³/mol. The molecular formula is C30H47N3O4S. The lowest BCUT2D eigenvalue weighted by Gasteiger charge is -2.43. The lowest BCUT2D eigenvalue weighted by molar-refractivity contribution is -0.145. The van der Waals surface area contributed by atoms with Gasteiger partial charge in [0.25, 0.3) is 0 Å². The van der Waals surface area contributed by atoms with E-state index < -0.39 is 22.6 Å². The van der Waals surface area contributed by atoms with Crippen molar-refractivity contribution in [2.45, 2.75) is 93.7 Å². The molecule has 3 aliphatic heterocycles. The molecule has 1 aliphatic carbocycles. The van der Waals surface area contributed by atoms with Crippen molar-refractivity contribution in [3.8, 4) is 0 Å². The Morgan fingerprint density at radius 3 is 2.47 bits per heavy atom. The van der Waals surface area contributed by atoms with E-state index >= 15 is 0 Å². The molecule has 0 aromatic heterocycles. The molecule has 4 fully saturated rings. The van der Waals surface area contributed by atoms with Crippen LogP contribution in [-0.4, -0.2) is 92.4 Å². The summed E-state index contributed by atoms with van der Waals surface area (Å²) in [5.74, 6) is -0.716. The summed E-state index contributed by atoms with van der Waals surface area (Å²) in [6, 6.07) is -0.412. The number of fused-ring (bicyclic) bond motifs is 1. The Morgan fingerprint density at radius 1 is 1.13 bits per heavy atom. The second-order valence-corrected chi connectivity index (χ2v) is 13.2. The Kier molecular flexibility index (Phi) is 9.67. The van der Waals surface area contributed by atoms with Crippen LogP contribution in [0.2, 0.25) is 0 Å². The third kappa shape index (κ3) is 4.96. The number of hydrogen-bond acceptors (Lipinski definition) is 5. The molecule has 0 aromatic carbocycles. The zero-order chi connectivity index (χ0) is 27.4. The molecule has 38 heavy (non-hydrogen) atoms. The van der Waals surface area contributed by atoms with Crippen LogP contribution in [0.5, 0.6) is 0 Å². The van der Waals surface area contributed by atoms with Gasteiger partial charge in [0.2, 0.25) is 17.7 Å². The van der Waals surface area contributed by atoms with Crippen LogP contribution in [-0.2, 0) is 14.4 Å². The number of unbranched alkanes of at least 4 members (excludes halogenated alkanes) is 1. The molecule has 212 valence electrons. The van der Waals surface area contributed by atoms with E-state index in [1.54, 1.807) is 23.9 Å². The van der Waals surface area contributed by atoms with Crippen molar-refractivity contribution in [2.24, 2.45) is 17.8 Å². The fourth-order valence-corrected chi connectivity index (χ4v) is 10.2. The highest BCUT2D eigenvalue weighted by Crippen LogP contribution is 2.69. The smallest absolute Gasteiger partial charge is 0.247 e. The summed E-state index contributed by atoms with van der Waals surface area (Å²) < 4.78 is -0.599. The van der Waals surface area contributed by atoms with Crippen molar-refractivity contribution in [1.82, 2.24) is 14.7 Å². The molecule has 2 bridgehead atoms. The quantitative estimate of drug-likeness (QED) is 0.281. The van der Waals surface area contributed by atoms with Crippen molar-refractivity contribution >= 4 is 29.5 Å². The van der Waals surface area contributed by atoms with Gasteiger partial charge in [-0.05, 0) is 44.4 Å². The number of rotatable bonds is 13. The zero-order valence-corrected chi connectivity index (χ0v) is 24.2. The monoisotopic (exact) mass is 545 g/mol.